The van der Waals surface area contributed by atoms with Crippen molar-refractivity contribution in [2.24, 2.45) is 0 Å². The van der Waals surface area contributed by atoms with Crippen LogP contribution >= 0.6 is 31.9 Å². The maximum absolute atomic E-state index is 11.1. The smallest absolute Gasteiger partial charge is 0.305 e. The second-order valence-electron chi connectivity index (χ2n) is 3.03. The van der Waals surface area contributed by atoms with E-state index in [1.807, 2.05) is 0 Å². The summed E-state index contributed by atoms with van der Waals surface area (Å²) in [5.74, 6) is -0.429. The van der Waals surface area contributed by atoms with E-state index in [1.54, 1.807) is 0 Å². The van der Waals surface area contributed by atoms with Crippen LogP contribution in [0.5, 0.6) is 0 Å². The molecule has 0 saturated heterocycles. The number of rotatable bonds is 9. The monoisotopic (exact) mass is 358 g/mol. The molecule has 0 radical (unpaired) electrons. The maximum Gasteiger partial charge on any atom is 0.305 e. The largest absolute Gasteiger partial charge is 0.465 e. The molecule has 0 amide bonds. The molecule has 0 fully saturated rings. The molecule has 0 spiro atoms. The Morgan fingerprint density at radius 1 is 0.812 bits per heavy atom. The van der Waals surface area contributed by atoms with Crippen molar-refractivity contribution in [1.82, 2.24) is 0 Å². The van der Waals surface area contributed by atoms with Gasteiger partial charge in [0.2, 0.25) is 0 Å². The molecule has 0 rings (SSSR count). The van der Waals surface area contributed by atoms with Gasteiger partial charge in [-0.1, -0.05) is 31.9 Å². The molecule has 0 saturated carbocycles. The van der Waals surface area contributed by atoms with Gasteiger partial charge in [0.05, 0.1) is 0 Å². The van der Waals surface area contributed by atoms with Gasteiger partial charge in [-0.2, -0.15) is 0 Å². The van der Waals surface area contributed by atoms with Gasteiger partial charge in [0, 0.05) is 23.5 Å². The highest BCUT2D eigenvalue weighted by molar-refractivity contribution is 9.09. The highest BCUT2D eigenvalue weighted by atomic mass is 79.9. The highest BCUT2D eigenvalue weighted by Crippen LogP contribution is 2.03. The van der Waals surface area contributed by atoms with Crippen LogP contribution < -0.4 is 0 Å². The van der Waals surface area contributed by atoms with Gasteiger partial charge >= 0.3 is 11.9 Å². The van der Waals surface area contributed by atoms with E-state index in [9.17, 15) is 9.59 Å². The van der Waals surface area contributed by atoms with Gasteiger partial charge in [-0.15, -0.1) is 0 Å². The van der Waals surface area contributed by atoms with E-state index < -0.39 is 0 Å². The zero-order valence-electron chi connectivity index (χ0n) is 9.05. The molecule has 6 heteroatoms. The third-order valence-electron chi connectivity index (χ3n) is 1.69. The van der Waals surface area contributed by atoms with Crippen LogP contribution in [0.3, 0.4) is 0 Å². The van der Waals surface area contributed by atoms with Crippen LogP contribution in [0.2, 0.25) is 0 Å². The van der Waals surface area contributed by atoms with E-state index in [0.29, 0.717) is 49.6 Å². The summed E-state index contributed by atoms with van der Waals surface area (Å²) in [4.78, 5) is 22.1. The molecule has 0 atom stereocenters. The number of carbonyl (C=O) groups excluding carboxylic acids is 2. The zero-order valence-corrected chi connectivity index (χ0v) is 12.2. The lowest BCUT2D eigenvalue weighted by Crippen LogP contribution is -2.08. The van der Waals surface area contributed by atoms with Crippen LogP contribution in [-0.4, -0.2) is 35.8 Å². The number of ether oxygens (including phenoxy) is 2. The molecule has 16 heavy (non-hydrogen) atoms. The lowest BCUT2D eigenvalue weighted by molar-refractivity contribution is -0.145. The summed E-state index contributed by atoms with van der Waals surface area (Å²) >= 11 is 6.32. The molecule has 94 valence electrons. The summed E-state index contributed by atoms with van der Waals surface area (Å²) in [6.07, 6.45) is 2.03. The average Bonchev–Trinajstić information content (AvgIpc) is 2.29. The summed E-state index contributed by atoms with van der Waals surface area (Å²) in [7, 11) is 0. The van der Waals surface area contributed by atoms with Crippen molar-refractivity contribution >= 4 is 43.8 Å². The quantitative estimate of drug-likeness (QED) is 0.360. The number of unbranched alkanes of at least 4 members (excludes halogenated alkanes) is 1. The second kappa shape index (κ2) is 11.4. The van der Waals surface area contributed by atoms with Crippen molar-refractivity contribution in [1.29, 1.82) is 0 Å². The van der Waals surface area contributed by atoms with Gasteiger partial charge in [0.15, 0.2) is 0 Å². The third-order valence-corrected chi connectivity index (χ3v) is 2.34. The van der Waals surface area contributed by atoms with E-state index in [2.05, 4.69) is 31.9 Å². The Kier molecular flexibility index (Phi) is 11.3. The van der Waals surface area contributed by atoms with Crippen LogP contribution in [-0.2, 0) is 19.1 Å². The molecule has 0 aromatic rings. The number of alkyl halides is 2. The van der Waals surface area contributed by atoms with Gasteiger partial charge in [0.1, 0.15) is 13.2 Å². The fourth-order valence-corrected chi connectivity index (χ4v) is 1.31. The molecule has 0 aliphatic rings. The minimum atomic E-state index is -0.215. The van der Waals surface area contributed by atoms with Gasteiger partial charge in [-0.05, 0) is 12.8 Å². The first-order chi connectivity index (χ1) is 7.70. The number of halogens is 2. The minimum absolute atomic E-state index is 0.215. The van der Waals surface area contributed by atoms with Crippen molar-refractivity contribution in [2.45, 2.75) is 25.7 Å². The van der Waals surface area contributed by atoms with Crippen molar-refractivity contribution in [3.8, 4) is 0 Å². The van der Waals surface area contributed by atoms with E-state index in [1.165, 1.54) is 0 Å². The minimum Gasteiger partial charge on any atom is -0.465 e. The molecule has 0 aromatic heterocycles. The van der Waals surface area contributed by atoms with Crippen molar-refractivity contribution in [3.05, 3.63) is 0 Å². The second-order valence-corrected chi connectivity index (χ2v) is 4.61. The molecular weight excluding hydrogens is 344 g/mol. The van der Waals surface area contributed by atoms with Gasteiger partial charge < -0.3 is 9.47 Å². The fraction of sp³-hybridized carbons (Fsp3) is 0.800. The van der Waals surface area contributed by atoms with Gasteiger partial charge in [-0.25, -0.2) is 0 Å². The Balaban J connectivity index is 3.31. The summed E-state index contributed by atoms with van der Waals surface area (Å²) in [5.41, 5.74) is 0. The zero-order chi connectivity index (χ0) is 12.2. The molecule has 0 aliphatic carbocycles. The Bertz CT molecular complexity index is 187. The molecule has 0 bridgehead atoms. The first kappa shape index (κ1) is 15.9. The Labute approximate surface area is 112 Å². The Morgan fingerprint density at radius 2 is 1.19 bits per heavy atom. The standard InChI is InChI=1S/C10H16Br2O4/c11-5-7-15-9(13)3-1-2-4-10(14)16-8-6-12/h1-8H2. The molecule has 0 unspecified atom stereocenters. The first-order valence-electron chi connectivity index (χ1n) is 5.14. The third kappa shape index (κ3) is 10.4. The predicted octanol–water partition coefficient (Wildman–Crippen LogP) is 2.42. The first-order valence-corrected chi connectivity index (χ1v) is 7.38. The van der Waals surface area contributed by atoms with Crippen LogP contribution in [0.15, 0.2) is 0 Å². The molecule has 0 aliphatic heterocycles. The molecular formula is C10H16Br2O4. The number of hydrogen-bond donors (Lipinski definition) is 0. The lowest BCUT2D eigenvalue weighted by atomic mass is 10.2. The molecule has 0 aromatic carbocycles. The number of esters is 2. The number of carbonyl (C=O) groups is 2. The summed E-state index contributed by atoms with van der Waals surface area (Å²) in [6.45, 7) is 0.790. The van der Waals surface area contributed by atoms with Crippen LogP contribution in [0.25, 0.3) is 0 Å². The van der Waals surface area contributed by atoms with E-state index in [-0.39, 0.29) is 11.9 Å². The molecule has 4 nitrogen and oxygen atoms in total. The highest BCUT2D eigenvalue weighted by Gasteiger charge is 2.05. The fourth-order valence-electron chi connectivity index (χ4n) is 0.988. The Morgan fingerprint density at radius 3 is 1.50 bits per heavy atom. The molecule has 0 heterocycles. The van der Waals surface area contributed by atoms with Crippen LogP contribution in [0.1, 0.15) is 25.7 Å². The van der Waals surface area contributed by atoms with E-state index in [4.69, 9.17) is 9.47 Å². The van der Waals surface area contributed by atoms with Crippen molar-refractivity contribution in [3.63, 3.8) is 0 Å². The van der Waals surface area contributed by atoms with Gasteiger partial charge in [0.25, 0.3) is 0 Å². The topological polar surface area (TPSA) is 52.6 Å². The van der Waals surface area contributed by atoms with Gasteiger partial charge in [-0.3, -0.25) is 9.59 Å². The number of hydrogen-bond acceptors (Lipinski definition) is 4. The SMILES string of the molecule is O=C(CCCCC(=O)OCCBr)OCCBr. The van der Waals surface area contributed by atoms with E-state index >= 15 is 0 Å². The normalized spacial score (nSPS) is 9.88. The average molecular weight is 360 g/mol. The summed E-state index contributed by atoms with van der Waals surface area (Å²) in [6, 6.07) is 0. The predicted molar refractivity (Wildman–Crippen MR) is 68.0 cm³/mol. The summed E-state index contributed by atoms with van der Waals surface area (Å²) in [5, 5.41) is 1.30. The van der Waals surface area contributed by atoms with E-state index in [0.717, 1.165) is 0 Å². The Hall–Kier alpha value is -0.100. The molecule has 0 N–H and O–H groups in total. The van der Waals surface area contributed by atoms with Crippen LogP contribution in [0, 0.1) is 0 Å². The van der Waals surface area contributed by atoms with Crippen molar-refractivity contribution < 1.29 is 19.1 Å². The van der Waals surface area contributed by atoms with Crippen molar-refractivity contribution in [2.75, 3.05) is 23.9 Å². The van der Waals surface area contributed by atoms with Crippen LogP contribution in [0.4, 0.5) is 0 Å². The summed E-state index contributed by atoms with van der Waals surface area (Å²) < 4.78 is 9.71. The maximum atomic E-state index is 11.1. The lowest BCUT2D eigenvalue weighted by Gasteiger charge is -2.03.